The summed E-state index contributed by atoms with van der Waals surface area (Å²) in [6, 6.07) is 14.1. The molecule has 22 heavy (non-hydrogen) atoms. The third kappa shape index (κ3) is 2.79. The van der Waals surface area contributed by atoms with Gasteiger partial charge in [-0.2, -0.15) is 0 Å². The highest BCUT2D eigenvalue weighted by atomic mass is 16.2. The standard InChI is InChI=1S/C18H23N3O/c1-13-6-5-11-21(17(13)12-19)18(22)20-16-10-4-8-14-7-2-3-9-15(14)16/h2-4,7-10,13,17H,5-6,11-12,19H2,1H3,(H,20,22). The summed E-state index contributed by atoms with van der Waals surface area (Å²) in [7, 11) is 0. The van der Waals surface area contributed by atoms with Crippen LogP contribution in [0, 0.1) is 5.92 Å². The average Bonchev–Trinajstić information content (AvgIpc) is 2.55. The first-order valence-electron chi connectivity index (χ1n) is 7.96. The monoisotopic (exact) mass is 297 g/mol. The molecule has 2 unspecified atom stereocenters. The fourth-order valence-corrected chi connectivity index (χ4v) is 3.38. The Morgan fingerprint density at radius 3 is 2.86 bits per heavy atom. The lowest BCUT2D eigenvalue weighted by molar-refractivity contribution is 0.133. The number of hydrogen-bond acceptors (Lipinski definition) is 2. The molecular formula is C18H23N3O. The highest BCUT2D eigenvalue weighted by Crippen LogP contribution is 2.26. The Morgan fingerprint density at radius 2 is 2.05 bits per heavy atom. The topological polar surface area (TPSA) is 58.4 Å². The van der Waals surface area contributed by atoms with Crippen molar-refractivity contribution in [3.8, 4) is 0 Å². The van der Waals surface area contributed by atoms with Crippen LogP contribution in [0.1, 0.15) is 19.8 Å². The van der Waals surface area contributed by atoms with Crippen LogP contribution in [0.5, 0.6) is 0 Å². The van der Waals surface area contributed by atoms with E-state index in [1.54, 1.807) is 0 Å². The molecule has 4 nitrogen and oxygen atoms in total. The third-order valence-electron chi connectivity index (χ3n) is 4.65. The molecule has 3 N–H and O–H groups in total. The number of likely N-dealkylation sites (tertiary alicyclic amines) is 1. The third-order valence-corrected chi connectivity index (χ3v) is 4.65. The van der Waals surface area contributed by atoms with Gasteiger partial charge in [-0.1, -0.05) is 43.3 Å². The van der Waals surface area contributed by atoms with Gasteiger partial charge >= 0.3 is 6.03 Å². The van der Waals surface area contributed by atoms with E-state index in [1.165, 1.54) is 0 Å². The SMILES string of the molecule is CC1CCCN(C(=O)Nc2cccc3ccccc23)C1CN. The smallest absolute Gasteiger partial charge is 0.322 e. The number of piperidine rings is 1. The summed E-state index contributed by atoms with van der Waals surface area (Å²) < 4.78 is 0. The first kappa shape index (κ1) is 14.9. The second-order valence-corrected chi connectivity index (χ2v) is 6.07. The summed E-state index contributed by atoms with van der Waals surface area (Å²) in [5, 5.41) is 5.26. The Bertz CT molecular complexity index is 665. The molecule has 0 aliphatic carbocycles. The van der Waals surface area contributed by atoms with Crippen molar-refractivity contribution < 1.29 is 4.79 Å². The van der Waals surface area contributed by atoms with Crippen LogP contribution < -0.4 is 11.1 Å². The van der Waals surface area contributed by atoms with Crippen LogP contribution in [0.25, 0.3) is 10.8 Å². The van der Waals surface area contributed by atoms with Gasteiger partial charge < -0.3 is 16.0 Å². The fourth-order valence-electron chi connectivity index (χ4n) is 3.38. The van der Waals surface area contributed by atoms with Gasteiger partial charge in [-0.15, -0.1) is 0 Å². The molecule has 116 valence electrons. The summed E-state index contributed by atoms with van der Waals surface area (Å²) in [6.07, 6.45) is 2.18. The maximum Gasteiger partial charge on any atom is 0.322 e. The van der Waals surface area contributed by atoms with Gasteiger partial charge in [-0.05, 0) is 30.2 Å². The van der Waals surface area contributed by atoms with Crippen molar-refractivity contribution in [2.75, 3.05) is 18.4 Å². The molecule has 4 heteroatoms. The highest BCUT2D eigenvalue weighted by Gasteiger charge is 2.30. The van der Waals surface area contributed by atoms with E-state index in [0.717, 1.165) is 35.8 Å². The number of nitrogens with two attached hydrogens (primary N) is 1. The van der Waals surface area contributed by atoms with Crippen LogP contribution in [0.15, 0.2) is 42.5 Å². The first-order valence-corrected chi connectivity index (χ1v) is 7.96. The van der Waals surface area contributed by atoms with E-state index in [2.05, 4.69) is 24.4 Å². The number of urea groups is 1. The Labute approximate surface area is 131 Å². The van der Waals surface area contributed by atoms with Crippen molar-refractivity contribution in [2.24, 2.45) is 11.7 Å². The number of anilines is 1. The van der Waals surface area contributed by atoms with Crippen molar-refractivity contribution in [3.05, 3.63) is 42.5 Å². The molecule has 2 aromatic carbocycles. The summed E-state index contributed by atoms with van der Waals surface area (Å²) in [6.45, 7) is 3.47. The Kier molecular flexibility index (Phi) is 4.29. The van der Waals surface area contributed by atoms with Crippen molar-refractivity contribution in [2.45, 2.75) is 25.8 Å². The zero-order chi connectivity index (χ0) is 15.5. The molecule has 0 radical (unpaired) electrons. The molecule has 0 spiro atoms. The number of carbonyl (C=O) groups excluding carboxylic acids is 1. The number of rotatable bonds is 2. The van der Waals surface area contributed by atoms with Crippen molar-refractivity contribution in [1.29, 1.82) is 0 Å². The van der Waals surface area contributed by atoms with Gasteiger partial charge in [-0.3, -0.25) is 0 Å². The average molecular weight is 297 g/mol. The number of amides is 2. The minimum Gasteiger partial charge on any atom is -0.328 e. The molecule has 1 aliphatic heterocycles. The zero-order valence-electron chi connectivity index (χ0n) is 13.0. The predicted molar refractivity (Wildman–Crippen MR) is 90.9 cm³/mol. The Morgan fingerprint density at radius 1 is 1.27 bits per heavy atom. The van der Waals surface area contributed by atoms with E-state index < -0.39 is 0 Å². The predicted octanol–water partition coefficient (Wildman–Crippen LogP) is 3.43. The van der Waals surface area contributed by atoms with E-state index in [4.69, 9.17) is 5.73 Å². The Balaban J connectivity index is 1.83. The van der Waals surface area contributed by atoms with E-state index in [-0.39, 0.29) is 12.1 Å². The van der Waals surface area contributed by atoms with Gasteiger partial charge in [0.2, 0.25) is 0 Å². The lowest BCUT2D eigenvalue weighted by atomic mass is 9.91. The van der Waals surface area contributed by atoms with Crippen LogP contribution in [0.3, 0.4) is 0 Å². The van der Waals surface area contributed by atoms with Crippen molar-refractivity contribution >= 4 is 22.5 Å². The lowest BCUT2D eigenvalue weighted by Crippen LogP contribution is -2.52. The second-order valence-electron chi connectivity index (χ2n) is 6.07. The Hall–Kier alpha value is -2.07. The van der Waals surface area contributed by atoms with Gasteiger partial charge in [-0.25, -0.2) is 4.79 Å². The summed E-state index contributed by atoms with van der Waals surface area (Å²) in [5.74, 6) is 0.456. The molecule has 2 atom stereocenters. The van der Waals surface area contributed by atoms with E-state index in [0.29, 0.717) is 12.5 Å². The molecule has 0 saturated carbocycles. The highest BCUT2D eigenvalue weighted by molar-refractivity contribution is 6.01. The molecule has 2 amide bonds. The van der Waals surface area contributed by atoms with E-state index >= 15 is 0 Å². The molecule has 1 fully saturated rings. The van der Waals surface area contributed by atoms with Gasteiger partial charge in [0.1, 0.15) is 0 Å². The molecule has 2 aromatic rings. The van der Waals surface area contributed by atoms with Crippen molar-refractivity contribution in [1.82, 2.24) is 4.90 Å². The first-order chi connectivity index (χ1) is 10.7. The number of hydrogen-bond donors (Lipinski definition) is 2. The second kappa shape index (κ2) is 6.36. The van der Waals surface area contributed by atoms with Crippen LogP contribution >= 0.6 is 0 Å². The molecular weight excluding hydrogens is 274 g/mol. The maximum atomic E-state index is 12.7. The summed E-state index contributed by atoms with van der Waals surface area (Å²) >= 11 is 0. The summed E-state index contributed by atoms with van der Waals surface area (Å²) in [5.41, 5.74) is 6.74. The minimum absolute atomic E-state index is 0.0432. The maximum absolute atomic E-state index is 12.7. The number of nitrogens with zero attached hydrogens (tertiary/aromatic N) is 1. The van der Waals surface area contributed by atoms with Crippen LogP contribution in [0.4, 0.5) is 10.5 Å². The number of benzene rings is 2. The molecule has 1 heterocycles. The van der Waals surface area contributed by atoms with Crippen LogP contribution in [-0.4, -0.2) is 30.1 Å². The molecule has 1 saturated heterocycles. The van der Waals surface area contributed by atoms with Crippen LogP contribution in [0.2, 0.25) is 0 Å². The lowest BCUT2D eigenvalue weighted by Gasteiger charge is -2.39. The number of fused-ring (bicyclic) bond motifs is 1. The summed E-state index contributed by atoms with van der Waals surface area (Å²) in [4.78, 5) is 14.6. The molecule has 1 aliphatic rings. The van der Waals surface area contributed by atoms with Gasteiger partial charge in [0.15, 0.2) is 0 Å². The number of nitrogens with one attached hydrogen (secondary N) is 1. The fraction of sp³-hybridized carbons (Fsp3) is 0.389. The molecule has 3 rings (SSSR count). The van der Waals surface area contributed by atoms with Gasteiger partial charge in [0.05, 0.1) is 5.69 Å². The van der Waals surface area contributed by atoms with Crippen LogP contribution in [-0.2, 0) is 0 Å². The normalized spacial score (nSPS) is 21.8. The van der Waals surface area contributed by atoms with E-state index in [1.807, 2.05) is 35.2 Å². The largest absolute Gasteiger partial charge is 0.328 e. The quantitative estimate of drug-likeness (QED) is 0.892. The number of carbonyl (C=O) groups is 1. The van der Waals surface area contributed by atoms with Gasteiger partial charge in [0.25, 0.3) is 0 Å². The molecule has 0 aromatic heterocycles. The van der Waals surface area contributed by atoms with Gasteiger partial charge in [0, 0.05) is 24.5 Å². The zero-order valence-corrected chi connectivity index (χ0v) is 13.0. The van der Waals surface area contributed by atoms with E-state index in [9.17, 15) is 4.79 Å². The van der Waals surface area contributed by atoms with Crippen molar-refractivity contribution in [3.63, 3.8) is 0 Å². The minimum atomic E-state index is -0.0432. The molecule has 0 bridgehead atoms.